The average molecular weight is 635 g/mol. The summed E-state index contributed by atoms with van der Waals surface area (Å²) < 4.78 is 67.5. The molecular formula is C36H33F3O5S. The summed E-state index contributed by atoms with van der Waals surface area (Å²) in [7, 11) is 0. The SMILES string of the molecule is CC(=O)OC[C@H]1O[C@H](Sc2ccccc2)/C(=C\c2ccccc2C(F)(F)F)[C@@H](OCc2ccccc2)[C@@H]1OCc1ccccc1. The van der Waals surface area contributed by atoms with Crippen LogP contribution in [0.25, 0.3) is 6.08 Å². The number of carbonyl (C=O) groups is 1. The van der Waals surface area contributed by atoms with Gasteiger partial charge in [0.1, 0.15) is 30.4 Å². The molecule has 1 aliphatic heterocycles. The molecule has 0 spiro atoms. The number of hydrogen-bond acceptors (Lipinski definition) is 6. The zero-order chi connectivity index (χ0) is 31.6. The topological polar surface area (TPSA) is 54.0 Å². The van der Waals surface area contributed by atoms with Crippen LogP contribution in [0.5, 0.6) is 0 Å². The molecule has 234 valence electrons. The van der Waals surface area contributed by atoms with Gasteiger partial charge in [-0.25, -0.2) is 0 Å². The number of esters is 1. The van der Waals surface area contributed by atoms with Gasteiger partial charge in [-0.15, -0.1) is 0 Å². The van der Waals surface area contributed by atoms with Crippen molar-refractivity contribution in [3.63, 3.8) is 0 Å². The standard InChI is InChI=1S/C36H33F3O5S/c1-25(40)41-24-32-34(43-23-27-15-7-3-8-16-27)33(42-22-26-13-5-2-6-14-26)30(35(44-32)45-29-18-9-4-10-19-29)21-28-17-11-12-20-31(28)36(37,38)39/h2-21,32-35H,22-24H2,1H3/b30-21-/t32-,33-,34-,35-/m1/s1. The van der Waals surface area contributed by atoms with E-state index in [9.17, 15) is 18.0 Å². The van der Waals surface area contributed by atoms with Crippen LogP contribution in [-0.2, 0) is 43.1 Å². The minimum atomic E-state index is -4.58. The molecule has 0 aliphatic carbocycles. The molecule has 0 N–H and O–H groups in total. The van der Waals surface area contributed by atoms with Gasteiger partial charge in [-0.2, -0.15) is 13.2 Å². The Morgan fingerprint density at radius 2 is 1.36 bits per heavy atom. The number of benzene rings is 4. The predicted molar refractivity (Wildman–Crippen MR) is 167 cm³/mol. The molecular weight excluding hydrogens is 601 g/mol. The van der Waals surface area contributed by atoms with Crippen molar-refractivity contribution in [1.29, 1.82) is 0 Å². The van der Waals surface area contributed by atoms with Crippen LogP contribution in [0, 0.1) is 0 Å². The maximum absolute atomic E-state index is 14.2. The van der Waals surface area contributed by atoms with Gasteiger partial charge in [0.05, 0.1) is 18.8 Å². The summed E-state index contributed by atoms with van der Waals surface area (Å²) in [4.78, 5) is 12.7. The van der Waals surface area contributed by atoms with E-state index in [1.54, 1.807) is 6.07 Å². The molecule has 4 aromatic carbocycles. The third kappa shape index (κ3) is 9.08. The molecule has 0 unspecified atom stereocenters. The Balaban J connectivity index is 1.61. The van der Waals surface area contributed by atoms with E-state index in [-0.39, 0.29) is 25.4 Å². The molecule has 4 aromatic rings. The summed E-state index contributed by atoms with van der Waals surface area (Å²) in [6.07, 6.45) is -5.54. The summed E-state index contributed by atoms with van der Waals surface area (Å²) in [5.41, 5.74) is 0.659. The Bertz CT molecular complexity index is 1550. The maximum atomic E-state index is 14.2. The van der Waals surface area contributed by atoms with E-state index in [1.807, 2.05) is 91.0 Å². The van der Waals surface area contributed by atoms with Crippen molar-refractivity contribution in [3.05, 3.63) is 143 Å². The van der Waals surface area contributed by atoms with Gasteiger partial charge in [-0.05, 0) is 41.0 Å². The van der Waals surface area contributed by atoms with Crippen molar-refractivity contribution in [2.75, 3.05) is 6.61 Å². The molecule has 1 heterocycles. The lowest BCUT2D eigenvalue weighted by Crippen LogP contribution is -2.53. The number of thioether (sulfide) groups is 1. The first-order chi connectivity index (χ1) is 21.8. The van der Waals surface area contributed by atoms with Crippen molar-refractivity contribution in [2.45, 2.75) is 55.0 Å². The molecule has 4 atom stereocenters. The van der Waals surface area contributed by atoms with Gasteiger partial charge >= 0.3 is 12.1 Å². The lowest BCUT2D eigenvalue weighted by molar-refractivity contribution is -0.184. The predicted octanol–water partition coefficient (Wildman–Crippen LogP) is 8.34. The molecule has 1 fully saturated rings. The molecule has 5 nitrogen and oxygen atoms in total. The van der Waals surface area contributed by atoms with Crippen LogP contribution in [0.4, 0.5) is 13.2 Å². The minimum Gasteiger partial charge on any atom is -0.463 e. The zero-order valence-corrected chi connectivity index (χ0v) is 25.4. The van der Waals surface area contributed by atoms with Crippen LogP contribution in [0.15, 0.2) is 126 Å². The second kappa shape index (κ2) is 15.4. The second-order valence-electron chi connectivity index (χ2n) is 10.4. The Morgan fingerprint density at radius 1 is 0.800 bits per heavy atom. The fourth-order valence-corrected chi connectivity index (χ4v) is 6.11. The average Bonchev–Trinajstić information content (AvgIpc) is 3.04. The van der Waals surface area contributed by atoms with Crippen LogP contribution >= 0.6 is 11.8 Å². The number of hydrogen-bond donors (Lipinski definition) is 0. The largest absolute Gasteiger partial charge is 0.463 e. The highest BCUT2D eigenvalue weighted by Gasteiger charge is 2.45. The van der Waals surface area contributed by atoms with Gasteiger partial charge < -0.3 is 18.9 Å². The fraction of sp³-hybridized carbons (Fsp3) is 0.250. The lowest BCUT2D eigenvalue weighted by atomic mass is 9.93. The van der Waals surface area contributed by atoms with Gasteiger partial charge in [0, 0.05) is 17.4 Å². The Hall–Kier alpha value is -3.89. The van der Waals surface area contributed by atoms with Crippen molar-refractivity contribution < 1.29 is 36.9 Å². The quantitative estimate of drug-likeness (QED) is 0.155. The number of rotatable bonds is 11. The first kappa shape index (κ1) is 32.5. The van der Waals surface area contributed by atoms with Crippen molar-refractivity contribution in [1.82, 2.24) is 0 Å². The smallest absolute Gasteiger partial charge is 0.416 e. The summed E-state index contributed by atoms with van der Waals surface area (Å²) in [5, 5.41) is 0. The number of carbonyl (C=O) groups excluding carboxylic acids is 1. The molecule has 1 aliphatic rings. The summed E-state index contributed by atoms with van der Waals surface area (Å²) in [6.45, 7) is 1.53. The highest BCUT2D eigenvalue weighted by molar-refractivity contribution is 8.00. The maximum Gasteiger partial charge on any atom is 0.416 e. The summed E-state index contributed by atoms with van der Waals surface area (Å²) in [6, 6.07) is 33.8. The van der Waals surface area contributed by atoms with Crippen LogP contribution in [0.1, 0.15) is 29.2 Å². The highest BCUT2D eigenvalue weighted by atomic mass is 32.2. The number of ether oxygens (including phenoxy) is 4. The van der Waals surface area contributed by atoms with Gasteiger partial charge in [0.25, 0.3) is 0 Å². The number of halogens is 3. The van der Waals surface area contributed by atoms with Crippen molar-refractivity contribution in [2.24, 2.45) is 0 Å². The summed E-state index contributed by atoms with van der Waals surface area (Å²) in [5.74, 6) is -0.491. The molecule has 0 amide bonds. The van der Waals surface area contributed by atoms with Crippen LogP contribution in [0.3, 0.4) is 0 Å². The van der Waals surface area contributed by atoms with Gasteiger partial charge in [-0.1, -0.05) is 109 Å². The lowest BCUT2D eigenvalue weighted by Gasteiger charge is -2.43. The first-order valence-electron chi connectivity index (χ1n) is 14.5. The third-order valence-electron chi connectivity index (χ3n) is 7.15. The van der Waals surface area contributed by atoms with Crippen LogP contribution in [0.2, 0.25) is 0 Å². The van der Waals surface area contributed by atoms with E-state index in [4.69, 9.17) is 18.9 Å². The van der Waals surface area contributed by atoms with E-state index >= 15 is 0 Å². The monoisotopic (exact) mass is 634 g/mol. The molecule has 5 rings (SSSR count). The molecule has 0 saturated carbocycles. The van der Waals surface area contributed by atoms with E-state index in [2.05, 4.69) is 0 Å². The highest BCUT2D eigenvalue weighted by Crippen LogP contribution is 2.42. The fourth-order valence-electron chi connectivity index (χ4n) is 5.01. The van der Waals surface area contributed by atoms with Gasteiger partial charge in [0.15, 0.2) is 0 Å². The molecule has 9 heteroatoms. The van der Waals surface area contributed by atoms with E-state index in [0.717, 1.165) is 22.1 Å². The normalized spacial score (nSPS) is 21.0. The van der Waals surface area contributed by atoms with E-state index in [0.29, 0.717) is 5.57 Å². The molecule has 1 saturated heterocycles. The van der Waals surface area contributed by atoms with Crippen molar-refractivity contribution >= 4 is 23.8 Å². The second-order valence-corrected chi connectivity index (χ2v) is 11.6. The van der Waals surface area contributed by atoms with Gasteiger partial charge in [0.2, 0.25) is 0 Å². The summed E-state index contributed by atoms with van der Waals surface area (Å²) >= 11 is 1.34. The Morgan fingerprint density at radius 3 is 1.96 bits per heavy atom. The van der Waals surface area contributed by atoms with Crippen LogP contribution in [-0.4, -0.2) is 36.3 Å². The Labute approximate surface area is 265 Å². The third-order valence-corrected chi connectivity index (χ3v) is 8.29. The minimum absolute atomic E-state index is 0.0178. The van der Waals surface area contributed by atoms with E-state index < -0.39 is 41.5 Å². The zero-order valence-electron chi connectivity index (χ0n) is 24.6. The van der Waals surface area contributed by atoms with Crippen LogP contribution < -0.4 is 0 Å². The molecule has 45 heavy (non-hydrogen) atoms. The molecule has 0 bridgehead atoms. The number of alkyl halides is 3. The van der Waals surface area contributed by atoms with Crippen molar-refractivity contribution in [3.8, 4) is 0 Å². The first-order valence-corrected chi connectivity index (χ1v) is 15.3. The van der Waals surface area contributed by atoms with E-state index in [1.165, 1.54) is 36.9 Å². The van der Waals surface area contributed by atoms with Gasteiger partial charge in [-0.3, -0.25) is 4.79 Å². The Kier molecular flexibility index (Phi) is 11.1. The molecule has 0 aromatic heterocycles. The molecule has 0 radical (unpaired) electrons.